The monoisotopic (exact) mass is 184 g/mol. The van der Waals surface area contributed by atoms with Crippen LogP contribution in [0.1, 0.15) is 39.5 Å². The lowest BCUT2D eigenvalue weighted by atomic mass is 10.1. The van der Waals surface area contributed by atoms with Crippen LogP contribution in [0.25, 0.3) is 0 Å². The lowest BCUT2D eigenvalue weighted by molar-refractivity contribution is -0.140. The van der Waals surface area contributed by atoms with E-state index in [0.717, 1.165) is 19.3 Å². The maximum atomic E-state index is 10.7. The van der Waals surface area contributed by atoms with Gasteiger partial charge in [-0.3, -0.25) is 4.79 Å². The molecule has 0 aliphatic heterocycles. The maximum Gasteiger partial charge on any atom is 0.305 e. The molecule has 0 unspecified atom stereocenters. The van der Waals surface area contributed by atoms with Crippen molar-refractivity contribution in [3.8, 4) is 0 Å². The number of unbranched alkanes of at least 4 members (excludes halogenated alkanes) is 2. The predicted octanol–water partition coefficient (Wildman–Crippen LogP) is 2.93. The summed E-state index contributed by atoms with van der Waals surface area (Å²) in [5.41, 5.74) is 0. The highest BCUT2D eigenvalue weighted by molar-refractivity contribution is 5.68. The molecule has 2 heteroatoms. The van der Waals surface area contributed by atoms with Gasteiger partial charge in [0, 0.05) is 6.42 Å². The minimum absolute atomic E-state index is 0.104. The second-order valence-electron chi connectivity index (χ2n) is 3.49. The van der Waals surface area contributed by atoms with E-state index in [0.29, 0.717) is 12.3 Å². The second kappa shape index (κ2) is 7.84. The number of carbonyl (C=O) groups is 1. The van der Waals surface area contributed by atoms with Crippen LogP contribution in [0.5, 0.6) is 0 Å². The Bertz CT molecular complexity index is 159. The molecular weight excluding hydrogens is 164 g/mol. The number of rotatable bonds is 6. The van der Waals surface area contributed by atoms with Crippen LogP contribution in [0.2, 0.25) is 0 Å². The lowest BCUT2D eigenvalue weighted by Crippen LogP contribution is -1.98. The Balaban J connectivity index is 3.22. The molecule has 0 aromatic heterocycles. The molecular formula is C11H20O2. The molecule has 13 heavy (non-hydrogen) atoms. The number of methoxy groups -OCH3 is 1. The number of ether oxygens (including phenoxy) is 1. The first kappa shape index (κ1) is 12.2. The van der Waals surface area contributed by atoms with Gasteiger partial charge in [0.1, 0.15) is 0 Å². The van der Waals surface area contributed by atoms with E-state index in [9.17, 15) is 4.79 Å². The zero-order chi connectivity index (χ0) is 10.1. The minimum Gasteiger partial charge on any atom is -0.469 e. The van der Waals surface area contributed by atoms with Gasteiger partial charge in [0.2, 0.25) is 0 Å². The molecule has 76 valence electrons. The van der Waals surface area contributed by atoms with E-state index in [2.05, 4.69) is 30.7 Å². The van der Waals surface area contributed by atoms with Crippen LogP contribution in [0.15, 0.2) is 12.2 Å². The molecule has 2 nitrogen and oxygen atoms in total. The average molecular weight is 184 g/mol. The Hall–Kier alpha value is -0.790. The third kappa shape index (κ3) is 9.12. The zero-order valence-corrected chi connectivity index (χ0v) is 8.88. The van der Waals surface area contributed by atoms with Crippen molar-refractivity contribution in [2.24, 2.45) is 5.92 Å². The largest absolute Gasteiger partial charge is 0.469 e. The SMILES string of the molecule is COC(=O)CCCCC=CC(C)C. The van der Waals surface area contributed by atoms with Gasteiger partial charge in [0.05, 0.1) is 7.11 Å². The molecule has 0 spiro atoms. The van der Waals surface area contributed by atoms with Gasteiger partial charge >= 0.3 is 5.97 Å². The molecule has 0 heterocycles. The fraction of sp³-hybridized carbons (Fsp3) is 0.727. The topological polar surface area (TPSA) is 26.3 Å². The highest BCUT2D eigenvalue weighted by atomic mass is 16.5. The van der Waals surface area contributed by atoms with E-state index in [1.54, 1.807) is 0 Å². The smallest absolute Gasteiger partial charge is 0.305 e. The zero-order valence-electron chi connectivity index (χ0n) is 8.88. The third-order valence-corrected chi connectivity index (χ3v) is 1.75. The fourth-order valence-electron chi connectivity index (χ4n) is 1.00. The number of carbonyl (C=O) groups excluding carboxylic acids is 1. The molecule has 0 aromatic rings. The van der Waals surface area contributed by atoms with E-state index in [-0.39, 0.29) is 5.97 Å². The Morgan fingerprint density at radius 2 is 2.08 bits per heavy atom. The lowest BCUT2D eigenvalue weighted by Gasteiger charge is -1.97. The van der Waals surface area contributed by atoms with Crippen LogP contribution >= 0.6 is 0 Å². The summed E-state index contributed by atoms with van der Waals surface area (Å²) >= 11 is 0. The Morgan fingerprint density at radius 1 is 1.38 bits per heavy atom. The first-order valence-electron chi connectivity index (χ1n) is 4.90. The first-order chi connectivity index (χ1) is 6.16. The highest BCUT2D eigenvalue weighted by Gasteiger charge is 1.97. The summed E-state index contributed by atoms with van der Waals surface area (Å²) in [7, 11) is 1.43. The van der Waals surface area contributed by atoms with Crippen molar-refractivity contribution in [1.29, 1.82) is 0 Å². The van der Waals surface area contributed by atoms with Gasteiger partial charge in [-0.2, -0.15) is 0 Å². The molecule has 0 rings (SSSR count). The first-order valence-corrected chi connectivity index (χ1v) is 4.90. The number of hydrogen-bond donors (Lipinski definition) is 0. The van der Waals surface area contributed by atoms with Crippen LogP contribution in [0.4, 0.5) is 0 Å². The maximum absolute atomic E-state index is 10.7. The van der Waals surface area contributed by atoms with Gasteiger partial charge in [0.25, 0.3) is 0 Å². The molecule has 0 aromatic carbocycles. The molecule has 0 radical (unpaired) electrons. The van der Waals surface area contributed by atoms with Gasteiger partial charge in [-0.1, -0.05) is 26.0 Å². The van der Waals surface area contributed by atoms with E-state index in [4.69, 9.17) is 0 Å². The molecule has 0 aliphatic rings. The van der Waals surface area contributed by atoms with Crippen LogP contribution in [-0.2, 0) is 9.53 Å². The molecule has 0 saturated heterocycles. The third-order valence-electron chi connectivity index (χ3n) is 1.75. The van der Waals surface area contributed by atoms with Gasteiger partial charge in [-0.05, 0) is 25.2 Å². The van der Waals surface area contributed by atoms with Crippen molar-refractivity contribution in [3.63, 3.8) is 0 Å². The van der Waals surface area contributed by atoms with Crippen LogP contribution < -0.4 is 0 Å². The van der Waals surface area contributed by atoms with Gasteiger partial charge < -0.3 is 4.74 Å². The molecule has 0 amide bonds. The average Bonchev–Trinajstić information content (AvgIpc) is 2.10. The van der Waals surface area contributed by atoms with Gasteiger partial charge in [-0.25, -0.2) is 0 Å². The molecule has 0 N–H and O–H groups in total. The van der Waals surface area contributed by atoms with E-state index in [1.807, 2.05) is 0 Å². The van der Waals surface area contributed by atoms with Crippen LogP contribution in [-0.4, -0.2) is 13.1 Å². The van der Waals surface area contributed by atoms with E-state index in [1.165, 1.54) is 7.11 Å². The Kier molecular flexibility index (Phi) is 7.36. The summed E-state index contributed by atoms with van der Waals surface area (Å²) < 4.78 is 4.54. The summed E-state index contributed by atoms with van der Waals surface area (Å²) in [4.78, 5) is 10.7. The Labute approximate surface area is 81.0 Å². The minimum atomic E-state index is -0.104. The number of esters is 1. The summed E-state index contributed by atoms with van der Waals surface area (Å²) in [5.74, 6) is 0.522. The van der Waals surface area contributed by atoms with Crippen LogP contribution in [0, 0.1) is 5.92 Å². The van der Waals surface area contributed by atoms with Crippen molar-refractivity contribution < 1.29 is 9.53 Å². The molecule has 0 fully saturated rings. The molecule has 0 aliphatic carbocycles. The summed E-state index contributed by atoms with van der Waals surface area (Å²) in [5, 5.41) is 0. The van der Waals surface area contributed by atoms with Crippen molar-refractivity contribution >= 4 is 5.97 Å². The standard InChI is InChI=1S/C11H20O2/c1-10(2)8-6-4-5-7-9-11(12)13-3/h6,8,10H,4-5,7,9H2,1-3H3. The Morgan fingerprint density at radius 3 is 2.62 bits per heavy atom. The number of allylic oxidation sites excluding steroid dienone is 2. The highest BCUT2D eigenvalue weighted by Crippen LogP contribution is 2.03. The van der Waals surface area contributed by atoms with Crippen molar-refractivity contribution in [1.82, 2.24) is 0 Å². The predicted molar refractivity (Wildman–Crippen MR) is 54.5 cm³/mol. The van der Waals surface area contributed by atoms with E-state index < -0.39 is 0 Å². The summed E-state index contributed by atoms with van der Waals surface area (Å²) in [6.07, 6.45) is 7.98. The van der Waals surface area contributed by atoms with E-state index >= 15 is 0 Å². The normalized spacial score (nSPS) is 11.1. The summed E-state index contributed by atoms with van der Waals surface area (Å²) in [6.45, 7) is 4.32. The molecule has 0 bridgehead atoms. The second-order valence-corrected chi connectivity index (χ2v) is 3.49. The van der Waals surface area contributed by atoms with Crippen LogP contribution in [0.3, 0.4) is 0 Å². The van der Waals surface area contributed by atoms with Crippen molar-refractivity contribution in [2.45, 2.75) is 39.5 Å². The quantitative estimate of drug-likeness (QED) is 0.360. The fourth-order valence-corrected chi connectivity index (χ4v) is 1.00. The van der Waals surface area contributed by atoms with Gasteiger partial charge in [0.15, 0.2) is 0 Å². The van der Waals surface area contributed by atoms with Gasteiger partial charge in [-0.15, -0.1) is 0 Å². The molecule has 0 saturated carbocycles. The molecule has 0 atom stereocenters. The van der Waals surface area contributed by atoms with Crippen molar-refractivity contribution in [3.05, 3.63) is 12.2 Å². The van der Waals surface area contributed by atoms with Crippen molar-refractivity contribution in [2.75, 3.05) is 7.11 Å². The number of hydrogen-bond acceptors (Lipinski definition) is 2. The summed E-state index contributed by atoms with van der Waals surface area (Å²) in [6, 6.07) is 0.